The lowest BCUT2D eigenvalue weighted by atomic mass is 10.1. The van der Waals surface area contributed by atoms with Crippen molar-refractivity contribution in [1.82, 2.24) is 5.32 Å². The number of thioether (sulfide) groups is 2. The summed E-state index contributed by atoms with van der Waals surface area (Å²) in [5.74, 6) is 0. The lowest BCUT2D eigenvalue weighted by molar-refractivity contribution is 0.660. The van der Waals surface area contributed by atoms with Gasteiger partial charge in [-0.05, 0) is 24.3 Å². The molecule has 0 fully saturated rings. The molecule has 1 aromatic carbocycles. The highest BCUT2D eigenvalue weighted by atomic mass is 32.2. The van der Waals surface area contributed by atoms with Crippen molar-refractivity contribution >= 4 is 23.5 Å². The summed E-state index contributed by atoms with van der Waals surface area (Å²) in [6.07, 6.45) is 3.40. The Balaban J connectivity index is 1.75. The zero-order chi connectivity index (χ0) is 11.4. The van der Waals surface area contributed by atoms with E-state index in [0.29, 0.717) is 5.25 Å². The Hall–Kier alpha value is -0.120. The van der Waals surface area contributed by atoms with Crippen LogP contribution in [-0.2, 0) is 6.42 Å². The van der Waals surface area contributed by atoms with Crippen LogP contribution in [0.1, 0.15) is 12.5 Å². The fourth-order valence-corrected chi connectivity index (χ4v) is 3.47. The molecule has 0 aromatic heterocycles. The molecule has 0 saturated carbocycles. The molecule has 1 aromatic rings. The van der Waals surface area contributed by atoms with Gasteiger partial charge in [0.2, 0.25) is 0 Å². The van der Waals surface area contributed by atoms with Crippen LogP contribution in [0.25, 0.3) is 0 Å². The van der Waals surface area contributed by atoms with Gasteiger partial charge in [-0.25, -0.2) is 0 Å². The first-order valence-electron chi connectivity index (χ1n) is 5.77. The second kappa shape index (κ2) is 5.99. The van der Waals surface area contributed by atoms with E-state index >= 15 is 0 Å². The Labute approximate surface area is 107 Å². The third kappa shape index (κ3) is 3.19. The third-order valence-electron chi connectivity index (χ3n) is 2.92. The Morgan fingerprint density at radius 2 is 2.31 bits per heavy atom. The lowest BCUT2D eigenvalue weighted by Crippen LogP contribution is -2.29. The van der Waals surface area contributed by atoms with E-state index in [2.05, 4.69) is 42.8 Å². The molecule has 1 aliphatic rings. The maximum absolute atomic E-state index is 3.57. The summed E-state index contributed by atoms with van der Waals surface area (Å²) in [7, 11) is 0. The fourth-order valence-electron chi connectivity index (χ4n) is 1.90. The number of nitrogens with one attached hydrogen (secondary N) is 1. The van der Waals surface area contributed by atoms with E-state index in [1.807, 2.05) is 23.5 Å². The smallest absolute Gasteiger partial charge is 0.0260 e. The van der Waals surface area contributed by atoms with Crippen molar-refractivity contribution in [3.63, 3.8) is 0 Å². The topological polar surface area (TPSA) is 12.0 Å². The Kier molecular flexibility index (Phi) is 4.62. The van der Waals surface area contributed by atoms with Gasteiger partial charge in [0.25, 0.3) is 0 Å². The zero-order valence-electron chi connectivity index (χ0n) is 9.90. The molecule has 0 radical (unpaired) electrons. The summed E-state index contributed by atoms with van der Waals surface area (Å²) < 4.78 is 0. The van der Waals surface area contributed by atoms with Crippen LogP contribution in [-0.4, -0.2) is 29.8 Å². The summed E-state index contributed by atoms with van der Waals surface area (Å²) in [6.45, 7) is 4.52. The van der Waals surface area contributed by atoms with E-state index in [1.165, 1.54) is 16.9 Å². The molecule has 2 unspecified atom stereocenters. The molecule has 0 bridgehead atoms. The molecule has 1 N–H and O–H groups in total. The standard InChI is InChI=1S/C13H19NS2/c1-10(15-2)8-14-9-12-7-11-5-3-4-6-13(11)16-12/h3-6,10,12,14H,7-9H2,1-2H3. The molecule has 16 heavy (non-hydrogen) atoms. The van der Waals surface area contributed by atoms with Crippen LogP contribution < -0.4 is 5.32 Å². The highest BCUT2D eigenvalue weighted by Gasteiger charge is 2.21. The highest BCUT2D eigenvalue weighted by Crippen LogP contribution is 2.36. The summed E-state index contributed by atoms with van der Waals surface area (Å²) in [6, 6.07) is 8.78. The average Bonchev–Trinajstić information content (AvgIpc) is 2.71. The second-order valence-corrected chi connectivity index (χ2v) is 6.87. The Morgan fingerprint density at radius 1 is 1.50 bits per heavy atom. The van der Waals surface area contributed by atoms with E-state index in [4.69, 9.17) is 0 Å². The van der Waals surface area contributed by atoms with E-state index < -0.39 is 0 Å². The minimum Gasteiger partial charge on any atom is -0.315 e. The zero-order valence-corrected chi connectivity index (χ0v) is 11.5. The molecule has 3 heteroatoms. The molecule has 1 nitrogen and oxygen atoms in total. The third-order valence-corrected chi connectivity index (χ3v) is 5.21. The van der Waals surface area contributed by atoms with Crippen LogP contribution in [0.2, 0.25) is 0 Å². The van der Waals surface area contributed by atoms with Crippen LogP contribution in [0.3, 0.4) is 0 Å². The van der Waals surface area contributed by atoms with Gasteiger partial charge in [0.05, 0.1) is 0 Å². The number of hydrogen-bond acceptors (Lipinski definition) is 3. The van der Waals surface area contributed by atoms with Crippen molar-refractivity contribution in [2.45, 2.75) is 28.7 Å². The van der Waals surface area contributed by atoms with Gasteiger partial charge in [0, 0.05) is 28.5 Å². The number of hydrogen-bond donors (Lipinski definition) is 1. The van der Waals surface area contributed by atoms with Gasteiger partial charge in [-0.1, -0.05) is 25.1 Å². The first-order chi connectivity index (χ1) is 7.79. The number of rotatable bonds is 5. The molecular weight excluding hydrogens is 234 g/mol. The molecule has 1 heterocycles. The van der Waals surface area contributed by atoms with Gasteiger partial charge in [-0.2, -0.15) is 11.8 Å². The maximum atomic E-state index is 3.57. The summed E-state index contributed by atoms with van der Waals surface area (Å²) in [5, 5.41) is 5.02. The Bertz CT molecular complexity index is 315. The fraction of sp³-hybridized carbons (Fsp3) is 0.538. The molecule has 0 saturated heterocycles. The molecule has 0 aliphatic carbocycles. The first kappa shape index (κ1) is 12.3. The maximum Gasteiger partial charge on any atom is 0.0260 e. The summed E-state index contributed by atoms with van der Waals surface area (Å²) >= 11 is 3.95. The summed E-state index contributed by atoms with van der Waals surface area (Å²) in [4.78, 5) is 1.48. The quantitative estimate of drug-likeness (QED) is 0.866. The van der Waals surface area contributed by atoms with Crippen LogP contribution in [0.15, 0.2) is 29.2 Å². The average molecular weight is 253 g/mol. The van der Waals surface area contributed by atoms with E-state index in [9.17, 15) is 0 Å². The van der Waals surface area contributed by atoms with Gasteiger partial charge in [-0.15, -0.1) is 11.8 Å². The molecule has 1 aliphatic heterocycles. The van der Waals surface area contributed by atoms with Crippen LogP contribution >= 0.6 is 23.5 Å². The van der Waals surface area contributed by atoms with Crippen LogP contribution in [0.4, 0.5) is 0 Å². The molecule has 88 valence electrons. The monoisotopic (exact) mass is 253 g/mol. The Morgan fingerprint density at radius 3 is 3.06 bits per heavy atom. The second-order valence-electron chi connectivity index (χ2n) is 4.26. The van der Waals surface area contributed by atoms with Crippen molar-refractivity contribution < 1.29 is 0 Å². The lowest BCUT2D eigenvalue weighted by Gasteiger charge is -2.13. The SMILES string of the molecule is CSC(C)CNCC1Cc2ccccc2S1. The predicted molar refractivity (Wildman–Crippen MR) is 75.6 cm³/mol. The molecule has 0 amide bonds. The highest BCUT2D eigenvalue weighted by molar-refractivity contribution is 8.00. The molecule has 2 atom stereocenters. The van der Waals surface area contributed by atoms with Crippen molar-refractivity contribution in [2.24, 2.45) is 0 Å². The van der Waals surface area contributed by atoms with Gasteiger partial charge in [0.15, 0.2) is 0 Å². The van der Waals surface area contributed by atoms with Gasteiger partial charge < -0.3 is 5.32 Å². The minimum atomic E-state index is 0.716. The predicted octanol–water partition coefficient (Wildman–Crippen LogP) is 3.04. The molecular formula is C13H19NS2. The largest absolute Gasteiger partial charge is 0.315 e. The van der Waals surface area contributed by atoms with Gasteiger partial charge >= 0.3 is 0 Å². The first-order valence-corrected chi connectivity index (χ1v) is 7.94. The van der Waals surface area contributed by atoms with E-state index in [-0.39, 0.29) is 0 Å². The van der Waals surface area contributed by atoms with E-state index in [0.717, 1.165) is 18.3 Å². The number of fused-ring (bicyclic) bond motifs is 1. The minimum absolute atomic E-state index is 0.716. The normalized spacial score (nSPS) is 20.8. The van der Waals surface area contributed by atoms with Crippen LogP contribution in [0, 0.1) is 0 Å². The van der Waals surface area contributed by atoms with Crippen molar-refractivity contribution in [3.8, 4) is 0 Å². The van der Waals surface area contributed by atoms with Crippen molar-refractivity contribution in [1.29, 1.82) is 0 Å². The van der Waals surface area contributed by atoms with Gasteiger partial charge in [-0.3, -0.25) is 0 Å². The molecule has 2 rings (SSSR count). The van der Waals surface area contributed by atoms with Crippen molar-refractivity contribution in [2.75, 3.05) is 19.3 Å². The summed E-state index contributed by atoms with van der Waals surface area (Å²) in [5.41, 5.74) is 1.53. The van der Waals surface area contributed by atoms with Crippen molar-refractivity contribution in [3.05, 3.63) is 29.8 Å². The number of benzene rings is 1. The van der Waals surface area contributed by atoms with Gasteiger partial charge in [0.1, 0.15) is 0 Å². The van der Waals surface area contributed by atoms with Crippen LogP contribution in [0.5, 0.6) is 0 Å². The molecule has 0 spiro atoms. The van der Waals surface area contributed by atoms with E-state index in [1.54, 1.807) is 0 Å².